The number of amides is 1. The van der Waals surface area contributed by atoms with Crippen LogP contribution in [-0.4, -0.2) is 52.3 Å². The van der Waals surface area contributed by atoms with Gasteiger partial charge >= 0.3 is 0 Å². The predicted molar refractivity (Wildman–Crippen MR) is 107 cm³/mol. The number of rotatable bonds is 9. The van der Waals surface area contributed by atoms with Gasteiger partial charge in [0.15, 0.2) is 5.82 Å². The number of fused-ring (bicyclic) bond motifs is 1. The topological polar surface area (TPSA) is 124 Å². The van der Waals surface area contributed by atoms with E-state index in [1.54, 1.807) is 12.3 Å². The molecule has 0 aromatic carbocycles. The molecule has 28 heavy (non-hydrogen) atoms. The smallest absolute Gasteiger partial charge is 0.222 e. The molecule has 3 rings (SSSR count). The number of hydrogen-bond donors (Lipinski definition) is 3. The molecule has 152 valence electrons. The second-order valence-corrected chi connectivity index (χ2v) is 7.45. The molecule has 1 aliphatic rings. The minimum absolute atomic E-state index is 0.0472. The van der Waals surface area contributed by atoms with Gasteiger partial charge < -0.3 is 25.8 Å². The van der Waals surface area contributed by atoms with E-state index in [0.29, 0.717) is 42.4 Å². The maximum absolute atomic E-state index is 11.4. The van der Waals surface area contributed by atoms with Gasteiger partial charge in [0.05, 0.1) is 24.9 Å². The number of nitrogens with one attached hydrogen (secondary N) is 2. The molecule has 3 heterocycles. The Balaban J connectivity index is 1.87. The highest BCUT2D eigenvalue weighted by molar-refractivity contribution is 5.87. The van der Waals surface area contributed by atoms with Crippen LogP contribution in [-0.2, 0) is 9.53 Å². The van der Waals surface area contributed by atoms with Crippen molar-refractivity contribution in [3.63, 3.8) is 0 Å². The number of pyridine rings is 1. The van der Waals surface area contributed by atoms with Crippen LogP contribution < -0.4 is 21.1 Å². The molecule has 0 radical (unpaired) electrons. The number of unbranched alkanes of at least 4 members (excludes halogenated alkanes) is 1. The SMILES string of the molecule is CCCC[C@](C)(CNC(C)=O)Nc1nc(N)nc2cc(OC3COC3)cnc12. The summed E-state index contributed by atoms with van der Waals surface area (Å²) in [6.45, 7) is 7.32. The minimum atomic E-state index is -0.393. The third-order valence-corrected chi connectivity index (χ3v) is 4.67. The van der Waals surface area contributed by atoms with Crippen molar-refractivity contribution in [2.75, 3.05) is 30.8 Å². The minimum Gasteiger partial charge on any atom is -0.484 e. The molecule has 1 fully saturated rings. The number of nitrogen functional groups attached to an aromatic ring is 1. The van der Waals surface area contributed by atoms with Gasteiger partial charge in [-0.05, 0) is 13.3 Å². The van der Waals surface area contributed by atoms with Crippen LogP contribution in [0.5, 0.6) is 5.75 Å². The molecule has 1 saturated heterocycles. The van der Waals surface area contributed by atoms with Crippen LogP contribution in [0.1, 0.15) is 40.0 Å². The van der Waals surface area contributed by atoms with Gasteiger partial charge in [-0.3, -0.25) is 4.79 Å². The zero-order chi connectivity index (χ0) is 20.1. The summed E-state index contributed by atoms with van der Waals surface area (Å²) in [5.74, 6) is 1.25. The average Bonchev–Trinajstić information content (AvgIpc) is 2.61. The molecule has 0 spiro atoms. The maximum Gasteiger partial charge on any atom is 0.222 e. The summed E-state index contributed by atoms with van der Waals surface area (Å²) < 4.78 is 10.9. The predicted octanol–water partition coefficient (Wildman–Crippen LogP) is 1.88. The zero-order valence-electron chi connectivity index (χ0n) is 16.6. The molecule has 2 aromatic heterocycles. The average molecular weight is 388 g/mol. The summed E-state index contributed by atoms with van der Waals surface area (Å²) >= 11 is 0. The summed E-state index contributed by atoms with van der Waals surface area (Å²) in [5.41, 5.74) is 6.75. The Kier molecular flexibility index (Phi) is 6.13. The summed E-state index contributed by atoms with van der Waals surface area (Å²) in [5, 5.41) is 6.34. The van der Waals surface area contributed by atoms with Gasteiger partial charge in [0.25, 0.3) is 0 Å². The van der Waals surface area contributed by atoms with E-state index in [9.17, 15) is 4.79 Å². The van der Waals surface area contributed by atoms with Gasteiger partial charge in [-0.1, -0.05) is 19.8 Å². The fourth-order valence-corrected chi connectivity index (χ4v) is 3.01. The van der Waals surface area contributed by atoms with Crippen LogP contribution >= 0.6 is 0 Å². The van der Waals surface area contributed by atoms with E-state index >= 15 is 0 Å². The van der Waals surface area contributed by atoms with Gasteiger partial charge in [0.2, 0.25) is 11.9 Å². The number of carbonyl (C=O) groups is 1. The first-order valence-corrected chi connectivity index (χ1v) is 9.59. The normalized spacial score (nSPS) is 16.2. The van der Waals surface area contributed by atoms with E-state index in [0.717, 1.165) is 19.3 Å². The molecule has 0 saturated carbocycles. The van der Waals surface area contributed by atoms with Crippen LogP contribution in [0, 0.1) is 0 Å². The lowest BCUT2D eigenvalue weighted by atomic mass is 9.94. The van der Waals surface area contributed by atoms with Crippen LogP contribution in [0.4, 0.5) is 11.8 Å². The van der Waals surface area contributed by atoms with E-state index in [1.807, 2.05) is 0 Å². The van der Waals surface area contributed by atoms with Crippen LogP contribution in [0.15, 0.2) is 12.3 Å². The van der Waals surface area contributed by atoms with Gasteiger partial charge in [0.1, 0.15) is 22.9 Å². The molecular formula is C19H28N6O3. The summed E-state index contributed by atoms with van der Waals surface area (Å²) in [6.07, 6.45) is 4.62. The Morgan fingerprint density at radius 1 is 1.43 bits per heavy atom. The number of nitrogens with two attached hydrogens (primary N) is 1. The van der Waals surface area contributed by atoms with Crippen LogP contribution in [0.3, 0.4) is 0 Å². The first-order chi connectivity index (χ1) is 13.4. The maximum atomic E-state index is 11.4. The number of carbonyl (C=O) groups excluding carboxylic acids is 1. The van der Waals surface area contributed by atoms with E-state index in [2.05, 4.69) is 39.4 Å². The fraction of sp³-hybridized carbons (Fsp3) is 0.579. The van der Waals surface area contributed by atoms with E-state index in [1.165, 1.54) is 6.92 Å². The lowest BCUT2D eigenvalue weighted by Gasteiger charge is -2.32. The molecule has 2 aromatic rings. The van der Waals surface area contributed by atoms with Crippen molar-refractivity contribution in [1.82, 2.24) is 20.3 Å². The molecule has 0 bridgehead atoms. The van der Waals surface area contributed by atoms with Crippen molar-refractivity contribution in [1.29, 1.82) is 0 Å². The van der Waals surface area contributed by atoms with Crippen LogP contribution in [0.2, 0.25) is 0 Å². The van der Waals surface area contributed by atoms with Crippen molar-refractivity contribution in [3.8, 4) is 5.75 Å². The van der Waals surface area contributed by atoms with Gasteiger partial charge in [-0.15, -0.1) is 0 Å². The van der Waals surface area contributed by atoms with Crippen molar-refractivity contribution in [3.05, 3.63) is 12.3 Å². The lowest BCUT2D eigenvalue weighted by molar-refractivity contribution is -0.119. The largest absolute Gasteiger partial charge is 0.484 e. The second-order valence-electron chi connectivity index (χ2n) is 7.45. The van der Waals surface area contributed by atoms with E-state index in [-0.39, 0.29) is 18.0 Å². The molecule has 0 aliphatic carbocycles. The number of nitrogens with zero attached hydrogens (tertiary/aromatic N) is 3. The van der Waals surface area contributed by atoms with E-state index in [4.69, 9.17) is 15.2 Å². The summed E-state index contributed by atoms with van der Waals surface area (Å²) in [7, 11) is 0. The molecule has 4 N–H and O–H groups in total. The van der Waals surface area contributed by atoms with Gasteiger partial charge in [-0.25, -0.2) is 9.97 Å². The van der Waals surface area contributed by atoms with Crippen LogP contribution in [0.25, 0.3) is 11.0 Å². The summed E-state index contributed by atoms with van der Waals surface area (Å²) in [6, 6.07) is 1.81. The number of hydrogen-bond acceptors (Lipinski definition) is 8. The first-order valence-electron chi connectivity index (χ1n) is 9.59. The third-order valence-electron chi connectivity index (χ3n) is 4.67. The Hall–Kier alpha value is -2.68. The van der Waals surface area contributed by atoms with Gasteiger partial charge in [-0.2, -0.15) is 4.98 Å². The third kappa shape index (κ3) is 4.98. The standard InChI is InChI=1S/C19H28N6O3/c1-4-5-6-19(3,11-22-12(2)26)25-17-16-15(23-18(20)24-17)7-13(8-21-16)28-14-9-27-10-14/h7-8,14H,4-6,9-11H2,1-3H3,(H,22,26)(H3,20,23,24,25)/t19-/m1/s1. The zero-order valence-corrected chi connectivity index (χ0v) is 16.6. The quantitative estimate of drug-likeness (QED) is 0.595. The Morgan fingerprint density at radius 3 is 2.86 bits per heavy atom. The molecule has 9 heteroatoms. The Labute approximate surface area is 164 Å². The Morgan fingerprint density at radius 2 is 2.21 bits per heavy atom. The van der Waals surface area contributed by atoms with Crippen molar-refractivity contribution >= 4 is 28.7 Å². The van der Waals surface area contributed by atoms with Gasteiger partial charge in [0, 0.05) is 19.5 Å². The molecular weight excluding hydrogens is 360 g/mol. The second kappa shape index (κ2) is 8.55. The number of anilines is 2. The highest BCUT2D eigenvalue weighted by atomic mass is 16.6. The summed E-state index contributed by atoms with van der Waals surface area (Å²) in [4.78, 5) is 24.6. The molecule has 1 amide bonds. The monoisotopic (exact) mass is 388 g/mol. The number of aromatic nitrogens is 3. The fourth-order valence-electron chi connectivity index (χ4n) is 3.01. The molecule has 1 atom stereocenters. The lowest BCUT2D eigenvalue weighted by Crippen LogP contribution is -2.46. The van der Waals surface area contributed by atoms with Crippen molar-refractivity contribution in [2.45, 2.75) is 51.7 Å². The van der Waals surface area contributed by atoms with Crippen molar-refractivity contribution < 1.29 is 14.3 Å². The molecule has 1 aliphatic heterocycles. The highest BCUT2D eigenvalue weighted by Crippen LogP contribution is 2.27. The Bertz CT molecular complexity index is 842. The van der Waals surface area contributed by atoms with Crippen molar-refractivity contribution in [2.24, 2.45) is 0 Å². The molecule has 0 unspecified atom stereocenters. The molecule has 9 nitrogen and oxygen atoms in total. The first kappa shape index (κ1) is 20.1. The van der Waals surface area contributed by atoms with E-state index < -0.39 is 5.54 Å². The highest BCUT2D eigenvalue weighted by Gasteiger charge is 2.26. The number of ether oxygens (including phenoxy) is 2.